The van der Waals surface area contributed by atoms with Crippen molar-refractivity contribution in [2.24, 2.45) is 11.8 Å². The minimum Gasteiger partial charge on any atom is -0.347 e. The average molecular weight is 466 g/mol. The Hall–Kier alpha value is -2.85. The molecule has 1 fully saturated rings. The lowest BCUT2D eigenvalue weighted by atomic mass is 9.81. The number of sulfonamides is 1. The second kappa shape index (κ2) is 10.6. The number of carbonyl (C=O) groups is 2. The zero-order valence-electron chi connectivity index (χ0n) is 17.3. The first-order valence-corrected chi connectivity index (χ1v) is 11.8. The fourth-order valence-electron chi connectivity index (χ4n) is 3.64. The third-order valence-corrected chi connectivity index (χ3v) is 6.87. The molecule has 0 unspecified atom stereocenters. The Morgan fingerprint density at radius 2 is 1.62 bits per heavy atom. The summed E-state index contributed by atoms with van der Waals surface area (Å²) in [4.78, 5) is 24.3. The molecule has 1 aliphatic carbocycles. The van der Waals surface area contributed by atoms with E-state index in [2.05, 4.69) is 15.4 Å². The first kappa shape index (κ1) is 23.8. The van der Waals surface area contributed by atoms with E-state index < -0.39 is 27.6 Å². The van der Waals surface area contributed by atoms with Gasteiger partial charge in [-0.2, -0.15) is 0 Å². The van der Waals surface area contributed by atoms with E-state index in [0.29, 0.717) is 31.4 Å². The molecule has 2 aromatic rings. The quantitative estimate of drug-likeness (QED) is 0.558. The summed E-state index contributed by atoms with van der Waals surface area (Å²) in [5.74, 6) is -1.82. The molecule has 0 bridgehead atoms. The van der Waals surface area contributed by atoms with Crippen molar-refractivity contribution in [3.63, 3.8) is 0 Å². The van der Waals surface area contributed by atoms with Crippen LogP contribution in [0.25, 0.3) is 0 Å². The second-order valence-corrected chi connectivity index (χ2v) is 9.57. The molecule has 2 aromatic carbocycles. The molecule has 3 N–H and O–H groups in total. The van der Waals surface area contributed by atoms with E-state index in [9.17, 15) is 26.8 Å². The third kappa shape index (κ3) is 6.83. The van der Waals surface area contributed by atoms with Gasteiger partial charge in [0.05, 0.1) is 11.4 Å². The van der Waals surface area contributed by atoms with Gasteiger partial charge in [-0.1, -0.05) is 6.07 Å². The number of rotatable bonds is 8. The van der Waals surface area contributed by atoms with Crippen molar-refractivity contribution in [3.8, 4) is 0 Å². The van der Waals surface area contributed by atoms with E-state index in [1.165, 1.54) is 30.3 Å². The number of anilines is 1. The van der Waals surface area contributed by atoms with Crippen LogP contribution in [0.5, 0.6) is 0 Å². The van der Waals surface area contributed by atoms with E-state index in [0.717, 1.165) is 12.1 Å². The summed E-state index contributed by atoms with van der Waals surface area (Å²) in [5.41, 5.74) is 0.313. The molecule has 0 aromatic heterocycles. The van der Waals surface area contributed by atoms with Crippen LogP contribution in [0.3, 0.4) is 0 Å². The molecule has 2 amide bonds. The highest BCUT2D eigenvalue weighted by Crippen LogP contribution is 2.28. The van der Waals surface area contributed by atoms with Crippen molar-refractivity contribution in [2.45, 2.75) is 30.6 Å². The molecule has 0 heterocycles. The average Bonchev–Trinajstić information content (AvgIpc) is 2.77. The molecule has 1 saturated carbocycles. The van der Waals surface area contributed by atoms with Crippen LogP contribution in [0.1, 0.15) is 25.7 Å². The molecular formula is C22H25F2N3O4S. The zero-order chi connectivity index (χ0) is 23.1. The molecule has 10 heteroatoms. The number of hydrogen-bond acceptors (Lipinski definition) is 4. The maximum Gasteiger partial charge on any atom is 0.243 e. The van der Waals surface area contributed by atoms with Crippen LogP contribution in [-0.4, -0.2) is 33.3 Å². The monoisotopic (exact) mass is 465 g/mol. The Balaban J connectivity index is 1.38. The van der Waals surface area contributed by atoms with E-state index in [4.69, 9.17) is 0 Å². The first-order valence-electron chi connectivity index (χ1n) is 10.3. The molecule has 172 valence electrons. The van der Waals surface area contributed by atoms with Gasteiger partial charge in [0, 0.05) is 18.2 Å². The van der Waals surface area contributed by atoms with Gasteiger partial charge in [-0.3, -0.25) is 9.59 Å². The number of carbonyl (C=O) groups excluding carboxylic acids is 2. The fourth-order valence-corrected chi connectivity index (χ4v) is 4.75. The first-order chi connectivity index (χ1) is 15.2. The van der Waals surface area contributed by atoms with Crippen LogP contribution < -0.4 is 15.4 Å². The molecule has 0 spiro atoms. The largest absolute Gasteiger partial charge is 0.347 e. The van der Waals surface area contributed by atoms with Crippen LogP contribution in [0, 0.1) is 23.5 Å². The summed E-state index contributed by atoms with van der Waals surface area (Å²) < 4.78 is 53.3. The molecule has 0 atom stereocenters. The highest BCUT2D eigenvalue weighted by Gasteiger charge is 2.27. The highest BCUT2D eigenvalue weighted by atomic mass is 32.2. The van der Waals surface area contributed by atoms with Crippen molar-refractivity contribution < 1.29 is 26.8 Å². The van der Waals surface area contributed by atoms with Crippen LogP contribution in [0.4, 0.5) is 14.5 Å². The Labute approximate surface area is 185 Å². The molecule has 7 nitrogen and oxygen atoms in total. The lowest BCUT2D eigenvalue weighted by molar-refractivity contribution is -0.128. The van der Waals surface area contributed by atoms with E-state index in [1.54, 1.807) is 6.07 Å². The van der Waals surface area contributed by atoms with E-state index in [1.807, 2.05) is 0 Å². The predicted octanol–water partition coefficient (Wildman–Crippen LogP) is 2.80. The smallest absolute Gasteiger partial charge is 0.243 e. The number of amides is 2. The normalized spacial score (nSPS) is 18.7. The van der Waals surface area contributed by atoms with Crippen molar-refractivity contribution in [1.29, 1.82) is 0 Å². The standard InChI is InChI=1S/C22H25F2N3O4S/c23-17-8-10-20(11-9-17)32(30,31)26-13-15-4-6-16(7-5-15)22(29)25-14-21(28)27-19-3-1-2-18(24)12-19/h1-3,8-12,15-16,26H,4-7,13-14H2,(H,25,29)(H,27,28). The SMILES string of the molecule is O=C(CNC(=O)C1CCC(CNS(=O)(=O)c2ccc(F)cc2)CC1)Nc1cccc(F)c1. The summed E-state index contributed by atoms with van der Waals surface area (Å²) in [6.07, 6.45) is 2.50. The van der Waals surface area contributed by atoms with Crippen LogP contribution in [0.15, 0.2) is 53.4 Å². The van der Waals surface area contributed by atoms with Crippen LogP contribution in [-0.2, 0) is 19.6 Å². The van der Waals surface area contributed by atoms with Crippen molar-refractivity contribution in [2.75, 3.05) is 18.4 Å². The van der Waals surface area contributed by atoms with Gasteiger partial charge in [0.15, 0.2) is 0 Å². The van der Waals surface area contributed by atoms with Gasteiger partial charge in [0.2, 0.25) is 21.8 Å². The Kier molecular flexibility index (Phi) is 7.92. The van der Waals surface area contributed by atoms with Crippen molar-refractivity contribution in [3.05, 3.63) is 60.2 Å². The lowest BCUT2D eigenvalue weighted by Gasteiger charge is -2.27. The lowest BCUT2D eigenvalue weighted by Crippen LogP contribution is -2.39. The minimum absolute atomic E-state index is 0.00322. The summed E-state index contributed by atoms with van der Waals surface area (Å²) >= 11 is 0. The summed E-state index contributed by atoms with van der Waals surface area (Å²) in [7, 11) is -3.72. The van der Waals surface area contributed by atoms with E-state index in [-0.39, 0.29) is 35.7 Å². The van der Waals surface area contributed by atoms with Gasteiger partial charge in [-0.25, -0.2) is 21.9 Å². The third-order valence-electron chi connectivity index (χ3n) is 5.44. The summed E-state index contributed by atoms with van der Waals surface area (Å²) in [6, 6.07) is 10.1. The topological polar surface area (TPSA) is 104 Å². The number of nitrogens with one attached hydrogen (secondary N) is 3. The Morgan fingerprint density at radius 3 is 2.28 bits per heavy atom. The maximum absolute atomic E-state index is 13.2. The summed E-state index contributed by atoms with van der Waals surface area (Å²) in [5, 5.41) is 5.11. The molecule has 1 aliphatic rings. The molecule has 0 saturated heterocycles. The molecule has 0 radical (unpaired) electrons. The molecule has 3 rings (SSSR count). The Bertz CT molecular complexity index is 1050. The van der Waals surface area contributed by atoms with Gasteiger partial charge in [-0.15, -0.1) is 0 Å². The van der Waals surface area contributed by atoms with Crippen molar-refractivity contribution >= 4 is 27.5 Å². The zero-order valence-corrected chi connectivity index (χ0v) is 18.1. The summed E-state index contributed by atoms with van der Waals surface area (Å²) in [6.45, 7) is 0.0246. The number of benzene rings is 2. The van der Waals surface area contributed by atoms with Crippen molar-refractivity contribution in [1.82, 2.24) is 10.0 Å². The highest BCUT2D eigenvalue weighted by molar-refractivity contribution is 7.89. The van der Waals surface area contributed by atoms with Gasteiger partial charge in [0.25, 0.3) is 0 Å². The fraction of sp³-hybridized carbons (Fsp3) is 0.364. The molecule has 32 heavy (non-hydrogen) atoms. The van der Waals surface area contributed by atoms with Gasteiger partial charge < -0.3 is 10.6 Å². The van der Waals surface area contributed by atoms with Crippen LogP contribution >= 0.6 is 0 Å². The van der Waals surface area contributed by atoms with E-state index >= 15 is 0 Å². The minimum atomic E-state index is -3.72. The Morgan fingerprint density at radius 1 is 0.938 bits per heavy atom. The molecule has 0 aliphatic heterocycles. The van der Waals surface area contributed by atoms with Crippen LogP contribution in [0.2, 0.25) is 0 Å². The second-order valence-electron chi connectivity index (χ2n) is 7.80. The number of halogens is 2. The molecular weight excluding hydrogens is 440 g/mol. The maximum atomic E-state index is 13.2. The predicted molar refractivity (Wildman–Crippen MR) is 115 cm³/mol. The van der Waals surface area contributed by atoms with Gasteiger partial charge in [0.1, 0.15) is 11.6 Å². The number of hydrogen-bond donors (Lipinski definition) is 3. The van der Waals surface area contributed by atoms with Gasteiger partial charge in [-0.05, 0) is 74.1 Å². The van der Waals surface area contributed by atoms with Gasteiger partial charge >= 0.3 is 0 Å².